The van der Waals surface area contributed by atoms with Crippen LogP contribution >= 0.6 is 0 Å². The topological polar surface area (TPSA) is 120 Å². The van der Waals surface area contributed by atoms with Crippen LogP contribution in [0.2, 0.25) is 0 Å². The van der Waals surface area contributed by atoms with Crippen molar-refractivity contribution in [3.63, 3.8) is 0 Å². The third-order valence-corrected chi connectivity index (χ3v) is 5.17. The molecule has 8 nitrogen and oxygen atoms in total. The number of nitrogens with one attached hydrogen (secondary N) is 3. The molecule has 0 saturated heterocycles. The second kappa shape index (κ2) is 10.8. The van der Waals surface area contributed by atoms with Crippen LogP contribution in [0.25, 0.3) is 22.2 Å². The molecule has 0 aliphatic heterocycles. The fourth-order valence-corrected chi connectivity index (χ4v) is 3.47. The Morgan fingerprint density at radius 1 is 1.15 bits per heavy atom. The van der Waals surface area contributed by atoms with Crippen LogP contribution in [-0.4, -0.2) is 40.7 Å². The van der Waals surface area contributed by atoms with E-state index in [0.29, 0.717) is 24.2 Å². The van der Waals surface area contributed by atoms with Crippen molar-refractivity contribution >= 4 is 23.0 Å². The molecular formula is C26H31N5O3. The highest BCUT2D eigenvalue weighted by Gasteiger charge is 2.16. The van der Waals surface area contributed by atoms with E-state index in [1.807, 2.05) is 64.1 Å². The summed E-state index contributed by atoms with van der Waals surface area (Å²) in [5.41, 5.74) is 3.41. The number of fused-ring (bicyclic) bond motifs is 1. The molecule has 0 bridgehead atoms. The van der Waals surface area contributed by atoms with Gasteiger partial charge in [-0.3, -0.25) is 4.79 Å². The molecule has 8 heteroatoms. The number of alkyl carbamates (subject to hydrolysis) is 1. The number of nitriles is 1. The number of nitrogens with zero attached hydrogens (tertiary/aromatic N) is 2. The van der Waals surface area contributed by atoms with E-state index in [-0.39, 0.29) is 17.6 Å². The quantitative estimate of drug-likeness (QED) is 0.417. The summed E-state index contributed by atoms with van der Waals surface area (Å²) in [7, 11) is 0. The highest BCUT2D eigenvalue weighted by Crippen LogP contribution is 2.24. The summed E-state index contributed by atoms with van der Waals surface area (Å²) in [5, 5.41) is 14.8. The van der Waals surface area contributed by atoms with E-state index < -0.39 is 11.7 Å². The number of H-pyrrole nitrogens is 1. The Hall–Kier alpha value is -3.86. The monoisotopic (exact) mass is 461 g/mol. The summed E-state index contributed by atoms with van der Waals surface area (Å²) in [4.78, 5) is 31.8. The molecule has 0 aliphatic carbocycles. The predicted molar refractivity (Wildman–Crippen MR) is 131 cm³/mol. The molecule has 1 aromatic heterocycles. The number of benzene rings is 2. The van der Waals surface area contributed by atoms with Crippen molar-refractivity contribution in [2.45, 2.75) is 46.1 Å². The summed E-state index contributed by atoms with van der Waals surface area (Å²) in [5.74, 6) is 0.243. The van der Waals surface area contributed by atoms with E-state index in [4.69, 9.17) is 10.00 Å². The molecule has 3 N–H and O–H groups in total. The zero-order valence-electron chi connectivity index (χ0n) is 20.1. The molecule has 1 atom stereocenters. The third kappa shape index (κ3) is 7.07. The number of ether oxygens (including phenoxy) is 1. The molecule has 2 aromatic carbocycles. The second-order valence-electron chi connectivity index (χ2n) is 9.40. The summed E-state index contributed by atoms with van der Waals surface area (Å²) in [6, 6.07) is 15.2. The Bertz CT molecular complexity index is 1200. The fourth-order valence-electron chi connectivity index (χ4n) is 3.47. The SMILES string of the molecule is C[C@@H](CCCNC(=O)OC(C)(C)C)CNC(=O)c1nc2ccc(-c3cccc(C#N)c3)cc2[nH]1. The molecule has 0 unspecified atom stereocenters. The number of carbonyl (C=O) groups excluding carboxylic acids is 2. The molecule has 0 spiro atoms. The van der Waals surface area contributed by atoms with Crippen LogP contribution in [0.5, 0.6) is 0 Å². The van der Waals surface area contributed by atoms with Gasteiger partial charge in [0.15, 0.2) is 5.82 Å². The van der Waals surface area contributed by atoms with Gasteiger partial charge in [0.1, 0.15) is 5.60 Å². The largest absolute Gasteiger partial charge is 0.444 e. The van der Waals surface area contributed by atoms with Crippen LogP contribution in [0.15, 0.2) is 42.5 Å². The van der Waals surface area contributed by atoms with Gasteiger partial charge in [-0.15, -0.1) is 0 Å². The van der Waals surface area contributed by atoms with Crippen molar-refractivity contribution in [1.82, 2.24) is 20.6 Å². The highest BCUT2D eigenvalue weighted by molar-refractivity contribution is 5.95. The van der Waals surface area contributed by atoms with Gasteiger partial charge in [-0.2, -0.15) is 5.26 Å². The number of aromatic amines is 1. The van der Waals surface area contributed by atoms with E-state index in [2.05, 4.69) is 26.7 Å². The normalized spacial score (nSPS) is 12.1. The van der Waals surface area contributed by atoms with Crippen LogP contribution in [0.4, 0.5) is 4.79 Å². The minimum absolute atomic E-state index is 0.243. The molecule has 1 heterocycles. The second-order valence-corrected chi connectivity index (χ2v) is 9.40. The summed E-state index contributed by atoms with van der Waals surface area (Å²) in [6.45, 7) is 8.56. The van der Waals surface area contributed by atoms with E-state index in [9.17, 15) is 9.59 Å². The first-order chi connectivity index (χ1) is 16.1. The number of hydrogen-bond acceptors (Lipinski definition) is 5. The first-order valence-corrected chi connectivity index (χ1v) is 11.4. The predicted octanol–water partition coefficient (Wildman–Crippen LogP) is 4.77. The van der Waals surface area contributed by atoms with Crippen LogP contribution in [0.3, 0.4) is 0 Å². The van der Waals surface area contributed by atoms with Gasteiger partial charge in [0.25, 0.3) is 5.91 Å². The molecule has 34 heavy (non-hydrogen) atoms. The Morgan fingerprint density at radius 2 is 1.91 bits per heavy atom. The van der Waals surface area contributed by atoms with Gasteiger partial charge >= 0.3 is 6.09 Å². The first-order valence-electron chi connectivity index (χ1n) is 11.4. The molecule has 2 amide bonds. The summed E-state index contributed by atoms with van der Waals surface area (Å²) < 4.78 is 5.21. The number of aromatic nitrogens is 2. The van der Waals surface area contributed by atoms with Crippen LogP contribution in [0, 0.1) is 17.2 Å². The minimum atomic E-state index is -0.512. The molecule has 0 fully saturated rings. The lowest BCUT2D eigenvalue weighted by Crippen LogP contribution is -2.33. The van der Waals surface area contributed by atoms with Crippen molar-refractivity contribution in [3.8, 4) is 17.2 Å². The van der Waals surface area contributed by atoms with Gasteiger partial charge in [-0.05, 0) is 74.9 Å². The fraction of sp³-hybridized carbons (Fsp3) is 0.385. The number of carbonyl (C=O) groups is 2. The molecule has 0 aliphatic rings. The Kier molecular flexibility index (Phi) is 7.90. The van der Waals surface area contributed by atoms with Crippen LogP contribution in [-0.2, 0) is 4.74 Å². The lowest BCUT2D eigenvalue weighted by atomic mass is 10.0. The van der Waals surface area contributed by atoms with Crippen molar-refractivity contribution in [2.24, 2.45) is 5.92 Å². The maximum atomic E-state index is 12.6. The van der Waals surface area contributed by atoms with Gasteiger partial charge in [-0.1, -0.05) is 25.1 Å². The van der Waals surface area contributed by atoms with Crippen molar-refractivity contribution in [1.29, 1.82) is 5.26 Å². The van der Waals surface area contributed by atoms with Gasteiger partial charge in [-0.25, -0.2) is 9.78 Å². The standard InChI is InChI=1S/C26H31N5O3/c1-17(7-6-12-28-25(33)34-26(2,3)4)16-29-24(32)23-30-21-11-10-20(14-22(21)31-23)19-9-5-8-18(13-19)15-27/h5,8-11,13-14,17H,6-7,12,16H2,1-4H3,(H,28,33)(H,29,32)(H,30,31)/t17-/m0/s1. The first kappa shape index (κ1) is 24.8. The van der Waals surface area contributed by atoms with E-state index in [0.717, 1.165) is 29.5 Å². The van der Waals surface area contributed by atoms with Gasteiger partial charge in [0, 0.05) is 13.1 Å². The highest BCUT2D eigenvalue weighted by atomic mass is 16.6. The van der Waals surface area contributed by atoms with E-state index >= 15 is 0 Å². The lowest BCUT2D eigenvalue weighted by molar-refractivity contribution is 0.0526. The molecule has 178 valence electrons. The van der Waals surface area contributed by atoms with Gasteiger partial charge in [0.05, 0.1) is 22.7 Å². The number of hydrogen-bond donors (Lipinski definition) is 3. The van der Waals surface area contributed by atoms with E-state index in [1.54, 1.807) is 6.07 Å². The third-order valence-electron chi connectivity index (χ3n) is 5.17. The molecule has 0 saturated carbocycles. The number of imidazole rings is 1. The smallest absolute Gasteiger partial charge is 0.407 e. The Morgan fingerprint density at radius 3 is 2.65 bits per heavy atom. The zero-order chi connectivity index (χ0) is 24.7. The van der Waals surface area contributed by atoms with Crippen molar-refractivity contribution in [3.05, 3.63) is 53.9 Å². The summed E-state index contributed by atoms with van der Waals surface area (Å²) in [6.07, 6.45) is 1.22. The molecule has 3 aromatic rings. The number of amides is 2. The average Bonchev–Trinajstić information content (AvgIpc) is 3.23. The van der Waals surface area contributed by atoms with Crippen LogP contribution < -0.4 is 10.6 Å². The average molecular weight is 462 g/mol. The van der Waals surface area contributed by atoms with Gasteiger partial charge < -0.3 is 20.4 Å². The molecule has 3 rings (SSSR count). The van der Waals surface area contributed by atoms with Crippen molar-refractivity contribution in [2.75, 3.05) is 13.1 Å². The van der Waals surface area contributed by atoms with E-state index in [1.165, 1.54) is 0 Å². The Balaban J connectivity index is 1.50. The number of rotatable bonds is 8. The Labute approximate surface area is 199 Å². The van der Waals surface area contributed by atoms with Crippen LogP contribution in [0.1, 0.15) is 56.7 Å². The maximum Gasteiger partial charge on any atom is 0.407 e. The maximum absolute atomic E-state index is 12.6. The zero-order valence-corrected chi connectivity index (χ0v) is 20.1. The molecule has 0 radical (unpaired) electrons. The minimum Gasteiger partial charge on any atom is -0.444 e. The lowest BCUT2D eigenvalue weighted by Gasteiger charge is -2.19. The molecular weight excluding hydrogens is 430 g/mol. The summed E-state index contributed by atoms with van der Waals surface area (Å²) >= 11 is 0. The van der Waals surface area contributed by atoms with Gasteiger partial charge in [0.2, 0.25) is 0 Å². The van der Waals surface area contributed by atoms with Crippen molar-refractivity contribution < 1.29 is 14.3 Å².